The van der Waals surface area contributed by atoms with Gasteiger partial charge in [-0.3, -0.25) is 4.79 Å². The lowest BCUT2D eigenvalue weighted by Gasteiger charge is -2.11. The molecule has 1 aliphatic rings. The highest BCUT2D eigenvalue weighted by molar-refractivity contribution is 7.89. The van der Waals surface area contributed by atoms with Crippen LogP contribution in [0, 0.1) is 6.92 Å². The zero-order valence-corrected chi connectivity index (χ0v) is 16.4. The molecule has 2 N–H and O–H groups in total. The molecule has 0 saturated carbocycles. The van der Waals surface area contributed by atoms with Crippen LogP contribution in [-0.4, -0.2) is 21.4 Å². The first-order valence-electron chi connectivity index (χ1n) is 8.96. The van der Waals surface area contributed by atoms with Gasteiger partial charge in [0.25, 0.3) is 5.91 Å². The summed E-state index contributed by atoms with van der Waals surface area (Å²) in [6, 6.07) is 18.7. The van der Waals surface area contributed by atoms with Crippen molar-refractivity contribution in [3.05, 3.63) is 82.9 Å². The predicted molar refractivity (Wildman–Crippen MR) is 110 cm³/mol. The molecule has 1 aliphatic carbocycles. The van der Waals surface area contributed by atoms with Gasteiger partial charge >= 0.3 is 0 Å². The molecular formula is C22H20N2O3S. The number of amides is 1. The lowest BCUT2D eigenvalue weighted by Crippen LogP contribution is -2.20. The number of nitrogens with one attached hydrogen (secondary N) is 2. The molecule has 0 atom stereocenters. The van der Waals surface area contributed by atoms with E-state index < -0.39 is 10.0 Å². The molecule has 1 amide bonds. The summed E-state index contributed by atoms with van der Waals surface area (Å²) in [5.74, 6) is -0.332. The summed E-state index contributed by atoms with van der Waals surface area (Å²) in [6.45, 7) is 1.78. The van der Waals surface area contributed by atoms with Crippen molar-refractivity contribution in [3.63, 3.8) is 0 Å². The number of rotatable bonds is 4. The number of anilines is 1. The van der Waals surface area contributed by atoms with E-state index in [1.54, 1.807) is 13.0 Å². The quantitative estimate of drug-likeness (QED) is 0.556. The van der Waals surface area contributed by atoms with Gasteiger partial charge in [0.1, 0.15) is 0 Å². The number of benzene rings is 3. The fourth-order valence-corrected chi connectivity index (χ4v) is 4.31. The maximum atomic E-state index is 12.8. The van der Waals surface area contributed by atoms with Gasteiger partial charge in [0, 0.05) is 11.3 Å². The number of carbonyl (C=O) groups excluding carboxylic acids is 1. The van der Waals surface area contributed by atoms with E-state index in [9.17, 15) is 13.2 Å². The summed E-state index contributed by atoms with van der Waals surface area (Å²) in [5, 5.41) is 2.90. The normalized spacial score (nSPS) is 12.4. The number of hydrogen-bond acceptors (Lipinski definition) is 3. The second kappa shape index (κ2) is 6.89. The van der Waals surface area contributed by atoms with Gasteiger partial charge in [-0.25, -0.2) is 13.1 Å². The predicted octanol–water partition coefficient (Wildman–Crippen LogP) is 3.73. The number of fused-ring (bicyclic) bond motifs is 3. The first kappa shape index (κ1) is 18.4. The highest BCUT2D eigenvalue weighted by Crippen LogP contribution is 2.37. The summed E-state index contributed by atoms with van der Waals surface area (Å²) in [4.78, 5) is 12.9. The van der Waals surface area contributed by atoms with Crippen LogP contribution in [0.25, 0.3) is 11.1 Å². The number of carbonyl (C=O) groups is 1. The fraction of sp³-hybridized carbons (Fsp3) is 0.136. The van der Waals surface area contributed by atoms with Crippen molar-refractivity contribution in [2.45, 2.75) is 18.2 Å². The Morgan fingerprint density at radius 3 is 2.46 bits per heavy atom. The van der Waals surface area contributed by atoms with E-state index in [1.165, 1.54) is 41.4 Å². The SMILES string of the molecule is CNS(=O)(=O)c1ccc(C)c(C(=O)Nc2ccc3c(c2)Cc2ccccc2-3)c1. The molecule has 0 aliphatic heterocycles. The average molecular weight is 392 g/mol. The van der Waals surface area contributed by atoms with Crippen LogP contribution in [0.1, 0.15) is 27.0 Å². The average Bonchev–Trinajstić information content (AvgIpc) is 3.05. The summed E-state index contributed by atoms with van der Waals surface area (Å²) in [7, 11) is -2.27. The fourth-order valence-electron chi connectivity index (χ4n) is 3.55. The molecule has 4 rings (SSSR count). The summed E-state index contributed by atoms with van der Waals surface area (Å²) in [6.07, 6.45) is 0.837. The Kier molecular flexibility index (Phi) is 4.53. The molecule has 0 aromatic heterocycles. The third-order valence-corrected chi connectivity index (χ3v) is 6.50. The standard InChI is InChI=1S/C22H20N2O3S/c1-14-7-9-18(28(26,27)23-2)13-21(14)22(25)24-17-8-10-20-16(12-17)11-15-5-3-4-6-19(15)20/h3-10,12-13,23H,11H2,1-2H3,(H,24,25). The van der Waals surface area contributed by atoms with Gasteiger partial charge in [-0.2, -0.15) is 0 Å². The van der Waals surface area contributed by atoms with Crippen molar-refractivity contribution < 1.29 is 13.2 Å². The van der Waals surface area contributed by atoms with Crippen LogP contribution in [-0.2, 0) is 16.4 Å². The maximum absolute atomic E-state index is 12.8. The summed E-state index contributed by atoms with van der Waals surface area (Å²) >= 11 is 0. The van der Waals surface area contributed by atoms with Crippen molar-refractivity contribution in [2.75, 3.05) is 12.4 Å². The smallest absolute Gasteiger partial charge is 0.255 e. The van der Waals surface area contributed by atoms with Crippen LogP contribution in [0.15, 0.2) is 65.6 Å². The minimum Gasteiger partial charge on any atom is -0.322 e. The van der Waals surface area contributed by atoms with Gasteiger partial charge in [-0.1, -0.05) is 36.4 Å². The zero-order chi connectivity index (χ0) is 19.9. The molecule has 0 spiro atoms. The Bertz CT molecular complexity index is 1200. The van der Waals surface area contributed by atoms with Gasteiger partial charge in [0.05, 0.1) is 4.90 Å². The van der Waals surface area contributed by atoms with Crippen molar-refractivity contribution in [1.29, 1.82) is 0 Å². The van der Waals surface area contributed by atoms with Crippen LogP contribution in [0.2, 0.25) is 0 Å². The lowest BCUT2D eigenvalue weighted by atomic mass is 10.1. The third kappa shape index (κ3) is 3.21. The van der Waals surface area contributed by atoms with E-state index in [-0.39, 0.29) is 10.8 Å². The van der Waals surface area contributed by atoms with E-state index in [1.807, 2.05) is 30.3 Å². The van der Waals surface area contributed by atoms with E-state index in [0.717, 1.165) is 6.42 Å². The lowest BCUT2D eigenvalue weighted by molar-refractivity contribution is 0.102. The number of aryl methyl sites for hydroxylation is 1. The molecule has 5 nitrogen and oxygen atoms in total. The largest absolute Gasteiger partial charge is 0.322 e. The maximum Gasteiger partial charge on any atom is 0.255 e. The van der Waals surface area contributed by atoms with Crippen LogP contribution < -0.4 is 10.0 Å². The molecule has 0 radical (unpaired) electrons. The molecule has 3 aromatic rings. The summed E-state index contributed by atoms with van der Waals surface area (Å²) < 4.78 is 26.3. The van der Waals surface area contributed by atoms with Crippen LogP contribution in [0.4, 0.5) is 5.69 Å². The minimum atomic E-state index is -3.61. The number of sulfonamides is 1. The van der Waals surface area contributed by atoms with Gasteiger partial charge < -0.3 is 5.32 Å². The van der Waals surface area contributed by atoms with E-state index in [0.29, 0.717) is 16.8 Å². The molecule has 0 unspecified atom stereocenters. The Morgan fingerprint density at radius 1 is 0.929 bits per heavy atom. The van der Waals surface area contributed by atoms with Crippen molar-refractivity contribution in [2.24, 2.45) is 0 Å². The zero-order valence-electron chi connectivity index (χ0n) is 15.6. The molecule has 0 heterocycles. The van der Waals surface area contributed by atoms with Crippen molar-refractivity contribution in [1.82, 2.24) is 4.72 Å². The first-order chi connectivity index (χ1) is 13.4. The monoisotopic (exact) mass is 392 g/mol. The Labute approximate surface area is 164 Å². The Balaban J connectivity index is 1.62. The van der Waals surface area contributed by atoms with Crippen molar-refractivity contribution >= 4 is 21.6 Å². The first-order valence-corrected chi connectivity index (χ1v) is 10.4. The molecule has 0 saturated heterocycles. The number of hydrogen-bond donors (Lipinski definition) is 2. The molecule has 0 fully saturated rings. The summed E-state index contributed by atoms with van der Waals surface area (Å²) in [5.41, 5.74) is 6.60. The van der Waals surface area contributed by atoms with Crippen molar-refractivity contribution in [3.8, 4) is 11.1 Å². The Morgan fingerprint density at radius 2 is 1.68 bits per heavy atom. The topological polar surface area (TPSA) is 75.3 Å². The third-order valence-electron chi connectivity index (χ3n) is 5.08. The molecule has 0 bridgehead atoms. The molecule has 142 valence electrons. The highest BCUT2D eigenvalue weighted by Gasteiger charge is 2.20. The van der Waals surface area contributed by atoms with Gasteiger partial charge in [0.15, 0.2) is 0 Å². The minimum absolute atomic E-state index is 0.0650. The molecule has 6 heteroatoms. The Hall–Kier alpha value is -2.96. The van der Waals surface area contributed by atoms with Gasteiger partial charge in [-0.15, -0.1) is 0 Å². The van der Waals surface area contributed by atoms with E-state index in [2.05, 4.69) is 22.2 Å². The van der Waals surface area contributed by atoms with E-state index >= 15 is 0 Å². The van der Waals surface area contributed by atoms with Crippen LogP contribution in [0.3, 0.4) is 0 Å². The second-order valence-corrected chi connectivity index (χ2v) is 8.73. The van der Waals surface area contributed by atoms with Crippen LogP contribution >= 0.6 is 0 Å². The van der Waals surface area contributed by atoms with E-state index in [4.69, 9.17) is 0 Å². The van der Waals surface area contributed by atoms with Gasteiger partial charge in [0.2, 0.25) is 10.0 Å². The second-order valence-electron chi connectivity index (χ2n) is 6.84. The highest BCUT2D eigenvalue weighted by atomic mass is 32.2. The molecular weight excluding hydrogens is 372 g/mol. The van der Waals surface area contributed by atoms with Crippen LogP contribution in [0.5, 0.6) is 0 Å². The molecule has 28 heavy (non-hydrogen) atoms. The van der Waals surface area contributed by atoms with Gasteiger partial charge in [-0.05, 0) is 72.5 Å². The molecule has 3 aromatic carbocycles.